The van der Waals surface area contributed by atoms with Crippen molar-refractivity contribution in [1.29, 1.82) is 0 Å². The lowest BCUT2D eigenvalue weighted by Crippen LogP contribution is -2.46. The number of rotatable bonds is 5. The molecule has 1 aliphatic heterocycles. The molecule has 0 bridgehead atoms. The molecule has 6 nitrogen and oxygen atoms in total. The highest BCUT2D eigenvalue weighted by Crippen LogP contribution is 2.13. The number of hydrogen-bond acceptors (Lipinski definition) is 4. The molecule has 2 aromatic rings. The van der Waals surface area contributed by atoms with E-state index in [0.717, 1.165) is 37.0 Å². The molecule has 0 saturated carbocycles. The molecule has 1 amide bonds. The number of carbonyl (C=O) groups is 1. The summed E-state index contributed by atoms with van der Waals surface area (Å²) in [7, 11) is 0. The van der Waals surface area contributed by atoms with Crippen LogP contribution in [0.2, 0.25) is 0 Å². The third-order valence-corrected chi connectivity index (χ3v) is 4.88. The number of aromatic nitrogens is 2. The number of nitrogens with one attached hydrogen (secondary N) is 2. The van der Waals surface area contributed by atoms with Crippen LogP contribution >= 0.6 is 0 Å². The van der Waals surface area contributed by atoms with Gasteiger partial charge in [-0.2, -0.15) is 0 Å². The Morgan fingerprint density at radius 2 is 2.04 bits per heavy atom. The molecular weight excluding hydrogens is 316 g/mol. The van der Waals surface area contributed by atoms with Gasteiger partial charge in [0.25, 0.3) is 5.56 Å². The van der Waals surface area contributed by atoms with Gasteiger partial charge in [0.1, 0.15) is 5.69 Å². The van der Waals surface area contributed by atoms with Gasteiger partial charge in [-0.3, -0.25) is 9.59 Å². The molecular formula is C19H26N4O2. The summed E-state index contributed by atoms with van der Waals surface area (Å²) >= 11 is 0. The first kappa shape index (κ1) is 17.6. The average Bonchev–Trinajstić information content (AvgIpc) is 2.60. The fourth-order valence-electron chi connectivity index (χ4n) is 3.33. The minimum Gasteiger partial charge on any atom is -0.353 e. The number of amides is 1. The Hall–Kier alpha value is -2.21. The first-order chi connectivity index (χ1) is 12.0. The third kappa shape index (κ3) is 4.45. The van der Waals surface area contributed by atoms with Crippen molar-refractivity contribution in [3.63, 3.8) is 0 Å². The molecule has 6 heteroatoms. The monoisotopic (exact) mass is 342 g/mol. The number of hydrogen-bond donors (Lipinski definition) is 2. The van der Waals surface area contributed by atoms with Gasteiger partial charge >= 0.3 is 0 Å². The van der Waals surface area contributed by atoms with Crippen LogP contribution in [-0.2, 0) is 11.2 Å². The zero-order chi connectivity index (χ0) is 17.8. The Morgan fingerprint density at radius 3 is 2.76 bits per heavy atom. The minimum absolute atomic E-state index is 0.00245. The second kappa shape index (κ2) is 7.78. The number of likely N-dealkylation sites (tertiary alicyclic amines) is 1. The number of aromatic amines is 1. The smallest absolute Gasteiger partial charge is 0.270 e. The molecule has 2 heterocycles. The maximum atomic E-state index is 12.2. The maximum Gasteiger partial charge on any atom is 0.270 e. The van der Waals surface area contributed by atoms with Crippen LogP contribution in [-0.4, -0.2) is 45.9 Å². The lowest BCUT2D eigenvalue weighted by Gasteiger charge is -2.34. The summed E-state index contributed by atoms with van der Waals surface area (Å²) in [6.45, 7) is 6.45. The summed E-state index contributed by atoms with van der Waals surface area (Å²) in [6, 6.07) is 8.22. The second-order valence-electron chi connectivity index (χ2n) is 7.00. The Labute approximate surface area is 147 Å². The fourth-order valence-corrected chi connectivity index (χ4v) is 3.33. The van der Waals surface area contributed by atoms with Crippen LogP contribution < -0.4 is 10.9 Å². The normalized spacial score (nSPS) is 16.4. The van der Waals surface area contributed by atoms with E-state index in [9.17, 15) is 9.59 Å². The van der Waals surface area contributed by atoms with E-state index in [1.54, 1.807) is 0 Å². The van der Waals surface area contributed by atoms with Gasteiger partial charge in [-0.25, -0.2) is 4.98 Å². The van der Waals surface area contributed by atoms with Crippen molar-refractivity contribution >= 4 is 16.9 Å². The van der Waals surface area contributed by atoms with E-state index in [2.05, 4.69) is 34.0 Å². The zero-order valence-corrected chi connectivity index (χ0v) is 14.9. The fraction of sp³-hybridized carbons (Fsp3) is 0.526. The molecule has 0 atom stereocenters. The predicted molar refractivity (Wildman–Crippen MR) is 98.6 cm³/mol. The number of H-pyrrole nitrogens is 1. The van der Waals surface area contributed by atoms with Crippen LogP contribution in [0.25, 0.3) is 11.0 Å². The number of benzene rings is 1. The number of fused-ring (bicyclic) bond motifs is 1. The molecule has 1 saturated heterocycles. The molecule has 1 fully saturated rings. The van der Waals surface area contributed by atoms with Crippen molar-refractivity contribution in [2.45, 2.75) is 51.6 Å². The maximum absolute atomic E-state index is 12.2. The van der Waals surface area contributed by atoms with E-state index in [1.807, 2.05) is 24.3 Å². The van der Waals surface area contributed by atoms with E-state index in [0.29, 0.717) is 24.6 Å². The van der Waals surface area contributed by atoms with Gasteiger partial charge in [0.05, 0.1) is 11.0 Å². The summed E-state index contributed by atoms with van der Waals surface area (Å²) in [5, 5.41) is 3.10. The highest BCUT2D eigenvalue weighted by atomic mass is 16.1. The van der Waals surface area contributed by atoms with Crippen molar-refractivity contribution < 1.29 is 4.79 Å². The lowest BCUT2D eigenvalue weighted by atomic mass is 10.0. The summed E-state index contributed by atoms with van der Waals surface area (Å²) in [5.74, 6) is -0.00245. The zero-order valence-electron chi connectivity index (χ0n) is 14.9. The number of piperidine rings is 1. The Bertz CT molecular complexity index is 791. The molecule has 0 aliphatic carbocycles. The number of nitrogens with zero attached hydrogens (tertiary/aromatic N) is 2. The van der Waals surface area contributed by atoms with Crippen LogP contribution in [0, 0.1) is 0 Å². The van der Waals surface area contributed by atoms with Gasteiger partial charge in [0.2, 0.25) is 5.91 Å². The molecule has 2 N–H and O–H groups in total. The summed E-state index contributed by atoms with van der Waals surface area (Å²) < 4.78 is 0. The Balaban J connectivity index is 1.53. The topological polar surface area (TPSA) is 78.1 Å². The molecule has 0 radical (unpaired) electrons. The van der Waals surface area contributed by atoms with Gasteiger partial charge in [-0.05, 0) is 38.8 Å². The van der Waals surface area contributed by atoms with E-state index < -0.39 is 0 Å². The minimum atomic E-state index is -0.211. The molecule has 0 unspecified atom stereocenters. The molecule has 1 aromatic carbocycles. The van der Waals surface area contributed by atoms with Crippen LogP contribution in [0.15, 0.2) is 29.1 Å². The van der Waals surface area contributed by atoms with E-state index in [1.165, 1.54) is 0 Å². The van der Waals surface area contributed by atoms with Crippen molar-refractivity contribution in [2.24, 2.45) is 0 Å². The Kier molecular flexibility index (Phi) is 5.48. The molecule has 3 rings (SSSR count). The first-order valence-corrected chi connectivity index (χ1v) is 9.04. The standard InChI is InChI=1S/C19H26N4O2/c1-13(2)23-11-9-14(10-12-23)20-18(24)8-7-17-19(25)22-16-6-4-3-5-15(16)21-17/h3-6,13-14H,7-12H2,1-2H3,(H,20,24)(H,22,25). The Morgan fingerprint density at radius 1 is 1.32 bits per heavy atom. The quantitative estimate of drug-likeness (QED) is 0.869. The average molecular weight is 342 g/mol. The largest absolute Gasteiger partial charge is 0.353 e. The summed E-state index contributed by atoms with van der Waals surface area (Å²) in [6.07, 6.45) is 2.62. The third-order valence-electron chi connectivity index (χ3n) is 4.88. The number of carbonyl (C=O) groups excluding carboxylic acids is 1. The molecule has 1 aliphatic rings. The van der Waals surface area contributed by atoms with E-state index in [-0.39, 0.29) is 17.5 Å². The second-order valence-corrected chi connectivity index (χ2v) is 7.00. The SMILES string of the molecule is CC(C)N1CCC(NC(=O)CCc2nc3ccccc3[nH]c2=O)CC1. The lowest BCUT2D eigenvalue weighted by molar-refractivity contribution is -0.122. The van der Waals surface area contributed by atoms with E-state index in [4.69, 9.17) is 0 Å². The van der Waals surface area contributed by atoms with Crippen molar-refractivity contribution in [3.05, 3.63) is 40.3 Å². The van der Waals surface area contributed by atoms with Crippen LogP contribution in [0.3, 0.4) is 0 Å². The van der Waals surface area contributed by atoms with Gasteiger partial charge in [0.15, 0.2) is 0 Å². The van der Waals surface area contributed by atoms with Crippen molar-refractivity contribution in [1.82, 2.24) is 20.2 Å². The summed E-state index contributed by atoms with van der Waals surface area (Å²) in [5.41, 5.74) is 1.68. The van der Waals surface area contributed by atoms with Crippen molar-refractivity contribution in [3.8, 4) is 0 Å². The van der Waals surface area contributed by atoms with Crippen LogP contribution in [0.1, 0.15) is 38.8 Å². The van der Waals surface area contributed by atoms with Crippen LogP contribution in [0.4, 0.5) is 0 Å². The number of para-hydroxylation sites is 2. The van der Waals surface area contributed by atoms with Crippen molar-refractivity contribution in [2.75, 3.05) is 13.1 Å². The predicted octanol–water partition coefficient (Wildman–Crippen LogP) is 1.84. The van der Waals surface area contributed by atoms with Crippen LogP contribution in [0.5, 0.6) is 0 Å². The number of aryl methyl sites for hydroxylation is 1. The van der Waals surface area contributed by atoms with E-state index >= 15 is 0 Å². The highest BCUT2D eigenvalue weighted by Gasteiger charge is 2.22. The molecule has 25 heavy (non-hydrogen) atoms. The van der Waals surface area contributed by atoms with Gasteiger partial charge in [-0.1, -0.05) is 12.1 Å². The molecule has 134 valence electrons. The van der Waals surface area contributed by atoms with Gasteiger partial charge in [0, 0.05) is 38.0 Å². The highest BCUT2D eigenvalue weighted by molar-refractivity contribution is 5.77. The molecule has 1 aromatic heterocycles. The summed E-state index contributed by atoms with van der Waals surface area (Å²) in [4.78, 5) is 33.9. The first-order valence-electron chi connectivity index (χ1n) is 9.04. The van der Waals surface area contributed by atoms with Gasteiger partial charge in [-0.15, -0.1) is 0 Å². The molecule has 0 spiro atoms. The van der Waals surface area contributed by atoms with Gasteiger partial charge < -0.3 is 15.2 Å².